The fraction of sp³-hybridized carbons (Fsp3) is 0.167. The van der Waals surface area contributed by atoms with Gasteiger partial charge >= 0.3 is 11.7 Å². The van der Waals surface area contributed by atoms with Crippen molar-refractivity contribution in [3.8, 4) is 0 Å². The largest absolute Gasteiger partial charge is 0.805 e. The van der Waals surface area contributed by atoms with Gasteiger partial charge in [-0.25, -0.2) is 4.79 Å². The van der Waals surface area contributed by atoms with Crippen LogP contribution in [0.1, 0.15) is 34.8 Å². The van der Waals surface area contributed by atoms with Crippen LogP contribution >= 0.6 is 0 Å². The first-order valence-corrected chi connectivity index (χ1v) is 7.51. The van der Waals surface area contributed by atoms with E-state index in [0.717, 1.165) is 5.56 Å². The van der Waals surface area contributed by atoms with Gasteiger partial charge in [0.05, 0.1) is 10.1 Å². The molecule has 6 heteroatoms. The molecule has 0 amide bonds. The first kappa shape index (κ1) is 15.7. The van der Waals surface area contributed by atoms with E-state index in [1.165, 1.54) is 19.1 Å². The SMILES string of the molecule is Cc1c(C(=O)OC(C)c2ccccc2)[n+](=O)c2ccccc2n1[O-]. The number of esters is 1. The summed E-state index contributed by atoms with van der Waals surface area (Å²) in [5, 5.41) is 12.3. The van der Waals surface area contributed by atoms with Gasteiger partial charge in [0.25, 0.3) is 5.52 Å². The van der Waals surface area contributed by atoms with E-state index in [0.29, 0.717) is 9.16 Å². The van der Waals surface area contributed by atoms with E-state index in [-0.39, 0.29) is 22.4 Å². The highest BCUT2D eigenvalue weighted by Gasteiger charge is 2.29. The van der Waals surface area contributed by atoms with E-state index in [4.69, 9.17) is 4.74 Å². The molecule has 0 spiro atoms. The second kappa shape index (κ2) is 6.16. The summed E-state index contributed by atoms with van der Waals surface area (Å²) in [6.07, 6.45) is -0.537. The average molecular weight is 324 g/mol. The lowest BCUT2D eigenvalue weighted by atomic mass is 10.1. The molecule has 0 aliphatic heterocycles. The molecule has 0 aliphatic carbocycles. The number of fused-ring (bicyclic) bond motifs is 1. The number of benzene rings is 2. The highest BCUT2D eigenvalue weighted by molar-refractivity contribution is 5.88. The molecule has 1 aromatic heterocycles. The number of rotatable bonds is 3. The lowest BCUT2D eigenvalue weighted by molar-refractivity contribution is -0.469. The number of nitrogens with zero attached hydrogens (tertiary/aromatic N) is 2. The van der Waals surface area contributed by atoms with Gasteiger partial charge in [-0.15, -0.1) is 0 Å². The smallest absolute Gasteiger partial charge is 0.411 e. The number of hydrogen-bond donors (Lipinski definition) is 0. The van der Waals surface area contributed by atoms with E-state index in [1.807, 2.05) is 30.3 Å². The normalized spacial score (nSPS) is 12.1. The molecule has 0 N–H and O–H groups in total. The third kappa shape index (κ3) is 2.62. The topological polar surface area (TPSA) is 77.3 Å². The molecule has 1 heterocycles. The molecule has 1 atom stereocenters. The Labute approximate surface area is 138 Å². The fourth-order valence-corrected chi connectivity index (χ4v) is 2.59. The van der Waals surface area contributed by atoms with Gasteiger partial charge < -0.3 is 14.7 Å². The molecule has 6 nitrogen and oxygen atoms in total. The zero-order valence-corrected chi connectivity index (χ0v) is 13.3. The highest BCUT2D eigenvalue weighted by Crippen LogP contribution is 2.19. The van der Waals surface area contributed by atoms with Crippen molar-refractivity contribution in [1.82, 2.24) is 4.73 Å². The molecule has 3 rings (SSSR count). The molecule has 1 unspecified atom stereocenters. The lowest BCUT2D eigenvalue weighted by Crippen LogP contribution is -2.31. The summed E-state index contributed by atoms with van der Waals surface area (Å²) >= 11 is 0. The zero-order chi connectivity index (χ0) is 17.3. The molecule has 3 aromatic rings. The summed E-state index contributed by atoms with van der Waals surface area (Å²) in [5.41, 5.74) is 0.840. The summed E-state index contributed by atoms with van der Waals surface area (Å²) in [6, 6.07) is 15.5. The molecular formula is C18H16N2O4. The van der Waals surface area contributed by atoms with Crippen molar-refractivity contribution in [2.24, 2.45) is 0 Å². The van der Waals surface area contributed by atoms with Crippen LogP contribution in [0.15, 0.2) is 54.6 Å². The van der Waals surface area contributed by atoms with Crippen molar-refractivity contribution in [2.45, 2.75) is 20.0 Å². The van der Waals surface area contributed by atoms with Crippen LogP contribution in [-0.2, 0) is 4.74 Å². The van der Waals surface area contributed by atoms with Crippen molar-refractivity contribution >= 4 is 17.0 Å². The maximum Gasteiger partial charge on any atom is 0.411 e. The quantitative estimate of drug-likeness (QED) is 0.548. The minimum absolute atomic E-state index is 0.00830. The van der Waals surface area contributed by atoms with E-state index >= 15 is 0 Å². The Kier molecular flexibility index (Phi) is 4.04. The summed E-state index contributed by atoms with van der Waals surface area (Å²) in [4.78, 5) is 25.0. The zero-order valence-electron chi connectivity index (χ0n) is 13.3. The molecule has 0 fully saturated rings. The molecule has 122 valence electrons. The van der Waals surface area contributed by atoms with Crippen molar-refractivity contribution < 1.29 is 14.0 Å². The number of carbonyl (C=O) groups is 1. The van der Waals surface area contributed by atoms with E-state index in [1.54, 1.807) is 19.1 Å². The van der Waals surface area contributed by atoms with Gasteiger partial charge in [-0.3, -0.25) is 0 Å². The first-order valence-electron chi connectivity index (χ1n) is 7.51. The van der Waals surface area contributed by atoms with Crippen LogP contribution in [0.25, 0.3) is 11.0 Å². The monoisotopic (exact) mass is 324 g/mol. The van der Waals surface area contributed by atoms with E-state index < -0.39 is 12.1 Å². The van der Waals surface area contributed by atoms with Crippen molar-refractivity contribution in [2.75, 3.05) is 0 Å². The second-order valence-corrected chi connectivity index (χ2v) is 5.47. The minimum atomic E-state index is -0.825. The van der Waals surface area contributed by atoms with Gasteiger partial charge in [-0.2, -0.15) is 0 Å². The second-order valence-electron chi connectivity index (χ2n) is 5.47. The highest BCUT2D eigenvalue weighted by atomic mass is 16.5. The van der Waals surface area contributed by atoms with Crippen LogP contribution < -0.4 is 4.43 Å². The van der Waals surface area contributed by atoms with Gasteiger partial charge in [-0.1, -0.05) is 42.5 Å². The Morgan fingerprint density at radius 3 is 2.46 bits per heavy atom. The third-order valence-corrected chi connectivity index (χ3v) is 3.92. The summed E-state index contributed by atoms with van der Waals surface area (Å²) in [5.74, 6) is -0.825. The average Bonchev–Trinajstić information content (AvgIpc) is 2.60. The molecule has 0 saturated carbocycles. The van der Waals surface area contributed by atoms with Gasteiger partial charge in [0.1, 0.15) is 11.6 Å². The summed E-state index contributed by atoms with van der Waals surface area (Å²) in [7, 11) is 0. The lowest BCUT2D eigenvalue weighted by Gasteiger charge is -2.17. The minimum Gasteiger partial charge on any atom is -0.805 e. The van der Waals surface area contributed by atoms with Crippen molar-refractivity contribution in [3.63, 3.8) is 0 Å². The molecular weight excluding hydrogens is 308 g/mol. The van der Waals surface area contributed by atoms with Gasteiger partial charge in [0.2, 0.25) is 0 Å². The number of hydrogen-bond acceptors (Lipinski definition) is 4. The van der Waals surface area contributed by atoms with Crippen LogP contribution in [0.3, 0.4) is 0 Å². The van der Waals surface area contributed by atoms with Gasteiger partial charge in [-0.05, 0) is 25.5 Å². The number of ether oxygens (including phenoxy) is 1. The molecule has 0 bridgehead atoms. The summed E-state index contributed by atoms with van der Waals surface area (Å²) in [6.45, 7) is 3.14. The maximum atomic E-state index is 12.5. The van der Waals surface area contributed by atoms with Gasteiger partial charge in [0, 0.05) is 11.0 Å². The Balaban J connectivity index is 2.03. The van der Waals surface area contributed by atoms with Crippen molar-refractivity contribution in [1.29, 1.82) is 0 Å². The Bertz CT molecular complexity index is 964. The Morgan fingerprint density at radius 1 is 1.12 bits per heavy atom. The van der Waals surface area contributed by atoms with Crippen LogP contribution in [0.2, 0.25) is 0 Å². The molecule has 0 aliphatic rings. The van der Waals surface area contributed by atoms with E-state index in [2.05, 4.69) is 0 Å². The van der Waals surface area contributed by atoms with E-state index in [9.17, 15) is 14.9 Å². The van der Waals surface area contributed by atoms with Crippen LogP contribution in [-0.4, -0.2) is 10.7 Å². The molecule has 0 saturated heterocycles. The predicted molar refractivity (Wildman–Crippen MR) is 89.1 cm³/mol. The summed E-state index contributed by atoms with van der Waals surface area (Å²) < 4.78 is 6.41. The maximum absolute atomic E-state index is 12.5. The van der Waals surface area contributed by atoms with Crippen molar-refractivity contribution in [3.05, 3.63) is 81.7 Å². The number of aromatic nitrogens is 2. The molecule has 24 heavy (non-hydrogen) atoms. The van der Waals surface area contributed by atoms with Gasteiger partial charge in [0.15, 0.2) is 0 Å². The van der Waals surface area contributed by atoms with Crippen LogP contribution in [0.4, 0.5) is 0 Å². The first-order chi connectivity index (χ1) is 11.5. The third-order valence-electron chi connectivity index (χ3n) is 3.92. The predicted octanol–water partition coefficient (Wildman–Crippen LogP) is 3.13. The fourth-order valence-electron chi connectivity index (χ4n) is 2.59. The number of para-hydroxylation sites is 2. The Morgan fingerprint density at radius 2 is 1.75 bits per heavy atom. The van der Waals surface area contributed by atoms with Crippen LogP contribution in [0.5, 0.6) is 0 Å². The molecule has 0 radical (unpaired) electrons. The van der Waals surface area contributed by atoms with Crippen LogP contribution in [0, 0.1) is 17.0 Å². The Hall–Kier alpha value is -3.15. The standard InChI is InChI=1S/C18H16N2O4/c1-12-17(18(21)24-13(2)14-8-4-3-5-9-14)20(23)16-11-7-6-10-15(16)19(12)22/h3-11,13H,1-2H3. The molecule has 2 aromatic carbocycles. The number of carbonyl (C=O) groups excluding carboxylic acids is 1.